The van der Waals surface area contributed by atoms with Crippen molar-refractivity contribution in [1.82, 2.24) is 0 Å². The molecule has 1 atom stereocenters. The van der Waals surface area contributed by atoms with Gasteiger partial charge in [-0.1, -0.05) is 6.07 Å². The number of halogens is 1. The second kappa shape index (κ2) is 6.66. The molecule has 6 heteroatoms. The zero-order chi connectivity index (χ0) is 17.4. The van der Waals surface area contributed by atoms with E-state index in [9.17, 15) is 4.39 Å². The van der Waals surface area contributed by atoms with E-state index in [-0.39, 0.29) is 17.7 Å². The van der Waals surface area contributed by atoms with Crippen molar-refractivity contribution in [2.75, 3.05) is 13.2 Å². The van der Waals surface area contributed by atoms with Crippen LogP contribution >= 0.6 is 0 Å². The minimum absolute atomic E-state index is 0.236. The Morgan fingerprint density at radius 3 is 2.54 bits per heavy atom. The molecule has 3 rings (SSSR count). The second-order valence-electron chi connectivity index (χ2n) is 7.55. The third kappa shape index (κ3) is 3.61. The highest BCUT2D eigenvalue weighted by Gasteiger charge is 2.51. The second-order valence-corrected chi connectivity index (χ2v) is 7.55. The van der Waals surface area contributed by atoms with Gasteiger partial charge in [0.05, 0.1) is 23.9 Å². The normalized spacial score (nSPS) is 25.2. The number of ether oxygens (including phenoxy) is 2. The van der Waals surface area contributed by atoms with Gasteiger partial charge in [0.1, 0.15) is 0 Å². The predicted molar refractivity (Wildman–Crippen MR) is 91.2 cm³/mol. The fraction of sp³-hybridized carbons (Fsp3) is 0.667. The Labute approximate surface area is 143 Å². The van der Waals surface area contributed by atoms with Gasteiger partial charge in [-0.3, -0.25) is 0 Å². The van der Waals surface area contributed by atoms with Crippen molar-refractivity contribution in [3.05, 3.63) is 24.0 Å². The van der Waals surface area contributed by atoms with Crippen LogP contribution in [0, 0.1) is 5.82 Å². The highest BCUT2D eigenvalue weighted by Crippen LogP contribution is 2.36. The van der Waals surface area contributed by atoms with E-state index in [0.717, 1.165) is 31.3 Å². The largest absolute Gasteiger partial charge is 0.494 e. The summed E-state index contributed by atoms with van der Waals surface area (Å²) in [6, 6.07) is 4.76. The molecule has 1 aromatic rings. The summed E-state index contributed by atoms with van der Waals surface area (Å²) in [5, 5.41) is 0. The van der Waals surface area contributed by atoms with Gasteiger partial charge in [-0.2, -0.15) is 0 Å². The minimum Gasteiger partial charge on any atom is -0.490 e. The van der Waals surface area contributed by atoms with E-state index in [1.165, 1.54) is 6.07 Å². The van der Waals surface area contributed by atoms with E-state index in [2.05, 4.69) is 0 Å². The summed E-state index contributed by atoms with van der Waals surface area (Å²) in [5.74, 6) is -0.136. The van der Waals surface area contributed by atoms with Crippen LogP contribution in [0.5, 0.6) is 5.75 Å². The van der Waals surface area contributed by atoms with E-state index < -0.39 is 18.3 Å². The molecule has 0 radical (unpaired) electrons. The fourth-order valence-corrected chi connectivity index (χ4v) is 2.93. The van der Waals surface area contributed by atoms with Crippen molar-refractivity contribution in [1.29, 1.82) is 0 Å². The highest BCUT2D eigenvalue weighted by atomic mass is 19.1. The van der Waals surface area contributed by atoms with Gasteiger partial charge in [0, 0.05) is 13.0 Å². The number of rotatable bonds is 5. The third-order valence-electron chi connectivity index (χ3n) is 5.20. The van der Waals surface area contributed by atoms with Gasteiger partial charge in [0.15, 0.2) is 11.6 Å². The summed E-state index contributed by atoms with van der Waals surface area (Å²) in [6.45, 7) is 9.24. The molecular formula is C18H26BFO4. The quantitative estimate of drug-likeness (QED) is 0.775. The van der Waals surface area contributed by atoms with Gasteiger partial charge in [0.25, 0.3) is 0 Å². The average Bonchev–Trinajstić information content (AvgIpc) is 3.07. The van der Waals surface area contributed by atoms with Crippen molar-refractivity contribution in [2.24, 2.45) is 0 Å². The molecule has 0 bridgehead atoms. The molecule has 0 aliphatic carbocycles. The van der Waals surface area contributed by atoms with Crippen molar-refractivity contribution in [3.8, 4) is 5.75 Å². The lowest BCUT2D eigenvalue weighted by Gasteiger charge is -2.32. The molecule has 1 aromatic carbocycles. The van der Waals surface area contributed by atoms with Gasteiger partial charge in [0.2, 0.25) is 0 Å². The zero-order valence-corrected chi connectivity index (χ0v) is 14.9. The SMILES string of the molecule is CC1(C)OB(c2ccc(F)c(OCCC3CCCO3)c2)OC1(C)C. The molecule has 132 valence electrons. The average molecular weight is 336 g/mol. The lowest BCUT2D eigenvalue weighted by Crippen LogP contribution is -2.41. The van der Waals surface area contributed by atoms with Crippen LogP contribution in [0.25, 0.3) is 0 Å². The standard InChI is InChI=1S/C18H26BFO4/c1-17(2)18(3,4)24-19(23-17)13-7-8-15(20)16(12-13)22-11-9-14-6-5-10-21-14/h7-8,12,14H,5-6,9-11H2,1-4H3. The van der Waals surface area contributed by atoms with Crippen LogP contribution in [0.4, 0.5) is 4.39 Å². The van der Waals surface area contributed by atoms with Gasteiger partial charge >= 0.3 is 7.12 Å². The van der Waals surface area contributed by atoms with Crippen LogP contribution in [0.1, 0.15) is 47.0 Å². The molecule has 0 spiro atoms. The Hall–Kier alpha value is -1.11. The van der Waals surface area contributed by atoms with Crippen LogP contribution < -0.4 is 10.2 Å². The van der Waals surface area contributed by atoms with Gasteiger partial charge in [-0.15, -0.1) is 0 Å². The predicted octanol–water partition coefficient (Wildman–Crippen LogP) is 3.07. The lowest BCUT2D eigenvalue weighted by molar-refractivity contribution is 0.00578. The van der Waals surface area contributed by atoms with E-state index in [1.54, 1.807) is 12.1 Å². The first-order valence-corrected chi connectivity index (χ1v) is 8.68. The Morgan fingerprint density at radius 2 is 1.92 bits per heavy atom. The lowest BCUT2D eigenvalue weighted by atomic mass is 9.79. The Kier molecular flexibility index (Phi) is 4.91. The summed E-state index contributed by atoms with van der Waals surface area (Å²) in [6.07, 6.45) is 3.16. The summed E-state index contributed by atoms with van der Waals surface area (Å²) in [5.41, 5.74) is -0.0816. The van der Waals surface area contributed by atoms with Crippen LogP contribution in [0.2, 0.25) is 0 Å². The van der Waals surface area contributed by atoms with Crippen molar-refractivity contribution in [2.45, 2.75) is 64.3 Å². The van der Waals surface area contributed by atoms with Crippen molar-refractivity contribution < 1.29 is 23.2 Å². The highest BCUT2D eigenvalue weighted by molar-refractivity contribution is 6.62. The Morgan fingerprint density at radius 1 is 1.21 bits per heavy atom. The molecule has 2 aliphatic rings. The molecular weight excluding hydrogens is 310 g/mol. The number of hydrogen-bond acceptors (Lipinski definition) is 4. The van der Waals surface area contributed by atoms with E-state index in [4.69, 9.17) is 18.8 Å². The maximum absolute atomic E-state index is 14.0. The summed E-state index contributed by atoms with van der Waals surface area (Å²) < 4.78 is 37.2. The van der Waals surface area contributed by atoms with Gasteiger partial charge in [-0.25, -0.2) is 4.39 Å². The van der Waals surface area contributed by atoms with Crippen LogP contribution in [-0.4, -0.2) is 37.6 Å². The van der Waals surface area contributed by atoms with Crippen molar-refractivity contribution in [3.63, 3.8) is 0 Å². The minimum atomic E-state index is -0.517. The smallest absolute Gasteiger partial charge is 0.490 e. The van der Waals surface area contributed by atoms with E-state index >= 15 is 0 Å². The summed E-state index contributed by atoms with van der Waals surface area (Å²) in [7, 11) is -0.517. The van der Waals surface area contributed by atoms with Gasteiger partial charge < -0.3 is 18.8 Å². The molecule has 4 nitrogen and oxygen atoms in total. The third-order valence-corrected chi connectivity index (χ3v) is 5.20. The Balaban J connectivity index is 1.65. The molecule has 2 saturated heterocycles. The summed E-state index contributed by atoms with van der Waals surface area (Å²) >= 11 is 0. The molecule has 0 aromatic heterocycles. The van der Waals surface area contributed by atoms with Gasteiger partial charge in [-0.05, 0) is 58.1 Å². The van der Waals surface area contributed by atoms with Crippen LogP contribution in [0.3, 0.4) is 0 Å². The maximum Gasteiger partial charge on any atom is 0.494 e. The number of hydrogen-bond donors (Lipinski definition) is 0. The first-order valence-electron chi connectivity index (χ1n) is 8.68. The zero-order valence-electron chi connectivity index (χ0n) is 14.9. The molecule has 0 saturated carbocycles. The maximum atomic E-state index is 14.0. The first kappa shape index (κ1) is 17.7. The van der Waals surface area contributed by atoms with E-state index in [1.807, 2.05) is 27.7 Å². The molecule has 0 amide bonds. The fourth-order valence-electron chi connectivity index (χ4n) is 2.93. The van der Waals surface area contributed by atoms with Crippen LogP contribution in [0.15, 0.2) is 18.2 Å². The molecule has 0 N–H and O–H groups in total. The molecule has 24 heavy (non-hydrogen) atoms. The monoisotopic (exact) mass is 336 g/mol. The van der Waals surface area contributed by atoms with Crippen molar-refractivity contribution >= 4 is 12.6 Å². The first-order chi connectivity index (χ1) is 11.3. The topological polar surface area (TPSA) is 36.9 Å². The molecule has 2 fully saturated rings. The molecule has 2 heterocycles. The summed E-state index contributed by atoms with van der Waals surface area (Å²) in [4.78, 5) is 0. The molecule has 1 unspecified atom stereocenters. The van der Waals surface area contributed by atoms with E-state index in [0.29, 0.717) is 6.61 Å². The number of benzene rings is 1. The van der Waals surface area contributed by atoms with Crippen LogP contribution in [-0.2, 0) is 14.0 Å². The molecule has 2 aliphatic heterocycles. The Bertz CT molecular complexity index is 568.